The maximum Gasteiger partial charge on any atom is 0.272 e. The topological polar surface area (TPSA) is 101 Å². The normalized spacial score (nSPS) is 10.7. The van der Waals surface area contributed by atoms with Crippen molar-refractivity contribution in [1.82, 2.24) is 15.3 Å². The van der Waals surface area contributed by atoms with E-state index in [0.717, 1.165) is 17.4 Å². The molecule has 0 aliphatic carbocycles. The molecule has 0 radical (unpaired) electrons. The lowest BCUT2D eigenvalue weighted by Crippen LogP contribution is -2.26. The fraction of sp³-hybridized carbons (Fsp3) is 0.167. The van der Waals surface area contributed by atoms with Crippen LogP contribution in [0.5, 0.6) is 0 Å². The molecule has 1 amide bonds. The van der Waals surface area contributed by atoms with Crippen LogP contribution in [0.3, 0.4) is 0 Å². The second-order valence-electron chi connectivity index (χ2n) is 5.46. The highest BCUT2D eigenvalue weighted by Gasteiger charge is 2.16. The van der Waals surface area contributed by atoms with Crippen LogP contribution in [0.25, 0.3) is 21.9 Å². The summed E-state index contributed by atoms with van der Waals surface area (Å²) in [5.41, 5.74) is 7.76. The number of nitrogens with one attached hydrogen (secondary N) is 2. The van der Waals surface area contributed by atoms with Gasteiger partial charge in [0.15, 0.2) is 5.69 Å². The van der Waals surface area contributed by atoms with Gasteiger partial charge in [-0.15, -0.1) is 0 Å². The summed E-state index contributed by atoms with van der Waals surface area (Å²) in [6, 6.07) is 8.98. The van der Waals surface area contributed by atoms with Gasteiger partial charge in [-0.05, 0) is 24.1 Å². The van der Waals surface area contributed by atoms with E-state index in [-0.39, 0.29) is 17.2 Å². The maximum absolute atomic E-state index is 12.2. The van der Waals surface area contributed by atoms with E-state index in [9.17, 15) is 9.59 Å². The van der Waals surface area contributed by atoms with E-state index < -0.39 is 0 Å². The monoisotopic (exact) mass is 322 g/mol. The van der Waals surface area contributed by atoms with Gasteiger partial charge in [-0.1, -0.05) is 25.1 Å². The zero-order chi connectivity index (χ0) is 17.1. The van der Waals surface area contributed by atoms with Crippen LogP contribution < -0.4 is 16.6 Å². The number of pyridine rings is 2. The number of carbonyl (C=O) groups is 1. The Labute approximate surface area is 138 Å². The molecule has 2 aromatic heterocycles. The lowest BCUT2D eigenvalue weighted by molar-refractivity contribution is 0.0950. The number of aromatic amines is 1. The van der Waals surface area contributed by atoms with Crippen molar-refractivity contribution < 1.29 is 4.79 Å². The number of carbonyl (C=O) groups excluding carboxylic acids is 1. The number of nitrogens with zero attached hydrogens (tertiary/aromatic N) is 1. The summed E-state index contributed by atoms with van der Waals surface area (Å²) in [5.74, 6) is -0.292. The first-order valence-electron chi connectivity index (χ1n) is 7.77. The van der Waals surface area contributed by atoms with Crippen LogP contribution in [0.4, 0.5) is 5.69 Å². The Morgan fingerprint density at radius 1 is 1.21 bits per heavy atom. The Kier molecular flexibility index (Phi) is 4.29. The van der Waals surface area contributed by atoms with Gasteiger partial charge in [0.05, 0.1) is 5.69 Å². The van der Waals surface area contributed by atoms with E-state index in [2.05, 4.69) is 15.3 Å². The molecule has 2 heterocycles. The molecule has 6 heteroatoms. The van der Waals surface area contributed by atoms with Gasteiger partial charge >= 0.3 is 0 Å². The Morgan fingerprint density at radius 3 is 2.75 bits per heavy atom. The number of hydrogen-bond donors (Lipinski definition) is 3. The molecule has 1 aromatic carbocycles. The minimum Gasteiger partial charge on any atom is -0.396 e. The molecule has 24 heavy (non-hydrogen) atoms. The van der Waals surface area contributed by atoms with Crippen LogP contribution in [0, 0.1) is 0 Å². The van der Waals surface area contributed by atoms with E-state index in [1.807, 2.05) is 25.1 Å². The first-order chi connectivity index (χ1) is 11.6. The van der Waals surface area contributed by atoms with Crippen molar-refractivity contribution in [2.24, 2.45) is 0 Å². The highest BCUT2D eigenvalue weighted by atomic mass is 16.2. The molecule has 0 saturated carbocycles. The molecular weight excluding hydrogens is 304 g/mol. The van der Waals surface area contributed by atoms with Crippen LogP contribution in [0.15, 0.2) is 47.5 Å². The van der Waals surface area contributed by atoms with E-state index >= 15 is 0 Å². The number of nitrogen functional groups attached to an aromatic ring is 1. The first kappa shape index (κ1) is 15.7. The van der Waals surface area contributed by atoms with Crippen LogP contribution in [-0.2, 0) is 0 Å². The van der Waals surface area contributed by atoms with Crippen molar-refractivity contribution in [3.8, 4) is 11.1 Å². The Morgan fingerprint density at radius 2 is 2.00 bits per heavy atom. The third-order valence-electron chi connectivity index (χ3n) is 3.83. The van der Waals surface area contributed by atoms with E-state index in [1.165, 1.54) is 0 Å². The minimum atomic E-state index is -0.292. The molecule has 122 valence electrons. The van der Waals surface area contributed by atoms with Gasteiger partial charge in [0.2, 0.25) is 0 Å². The van der Waals surface area contributed by atoms with Crippen LogP contribution in [0.1, 0.15) is 23.8 Å². The largest absolute Gasteiger partial charge is 0.396 e. The average Bonchev–Trinajstić information content (AvgIpc) is 2.60. The molecule has 4 N–H and O–H groups in total. The van der Waals surface area contributed by atoms with Crippen molar-refractivity contribution in [3.05, 3.63) is 58.8 Å². The summed E-state index contributed by atoms with van der Waals surface area (Å²) < 4.78 is 0. The summed E-state index contributed by atoms with van der Waals surface area (Å²) in [7, 11) is 0. The van der Waals surface area contributed by atoms with Crippen LogP contribution in [-0.4, -0.2) is 22.4 Å². The molecular formula is C18H18N4O2. The number of aromatic nitrogens is 2. The van der Waals surface area contributed by atoms with Crippen molar-refractivity contribution in [2.45, 2.75) is 13.3 Å². The Hall–Kier alpha value is -3.15. The molecule has 3 aromatic rings. The summed E-state index contributed by atoms with van der Waals surface area (Å²) >= 11 is 0. The fourth-order valence-electron chi connectivity index (χ4n) is 2.64. The zero-order valence-electron chi connectivity index (χ0n) is 13.3. The van der Waals surface area contributed by atoms with Crippen LogP contribution in [0.2, 0.25) is 0 Å². The third-order valence-corrected chi connectivity index (χ3v) is 3.83. The second-order valence-corrected chi connectivity index (χ2v) is 5.46. The molecule has 6 nitrogen and oxygen atoms in total. The van der Waals surface area contributed by atoms with Gasteiger partial charge in [-0.3, -0.25) is 9.59 Å². The van der Waals surface area contributed by atoms with E-state index in [4.69, 9.17) is 5.73 Å². The number of rotatable bonds is 4. The number of H-pyrrole nitrogens is 1. The lowest BCUT2D eigenvalue weighted by Gasteiger charge is -2.11. The molecule has 0 aliphatic heterocycles. The van der Waals surface area contributed by atoms with E-state index in [1.54, 1.807) is 24.5 Å². The fourth-order valence-corrected chi connectivity index (χ4v) is 2.64. The second kappa shape index (κ2) is 6.54. The molecule has 0 spiro atoms. The number of anilines is 1. The van der Waals surface area contributed by atoms with Gasteiger partial charge in [0.25, 0.3) is 11.5 Å². The number of hydrogen-bond acceptors (Lipinski definition) is 4. The molecule has 0 saturated heterocycles. The summed E-state index contributed by atoms with van der Waals surface area (Å²) in [6.07, 6.45) is 4.01. The molecule has 0 unspecified atom stereocenters. The van der Waals surface area contributed by atoms with Crippen LogP contribution >= 0.6 is 0 Å². The SMILES string of the molecule is CCCNC(=O)c1ncc2c(-c3ccc[nH]c3=O)cccc2c1N. The number of benzene rings is 1. The highest BCUT2D eigenvalue weighted by Crippen LogP contribution is 2.30. The lowest BCUT2D eigenvalue weighted by atomic mass is 9.99. The Bertz CT molecular complexity index is 963. The highest BCUT2D eigenvalue weighted by molar-refractivity contribution is 6.09. The number of nitrogens with two attached hydrogens (primary N) is 1. The summed E-state index contributed by atoms with van der Waals surface area (Å²) in [6.45, 7) is 2.54. The number of amides is 1. The smallest absolute Gasteiger partial charge is 0.272 e. The van der Waals surface area contributed by atoms with Gasteiger partial charge < -0.3 is 16.0 Å². The van der Waals surface area contributed by atoms with Gasteiger partial charge in [-0.2, -0.15) is 0 Å². The minimum absolute atomic E-state index is 0.187. The predicted octanol–water partition coefficient (Wildman–Crippen LogP) is 2.31. The van der Waals surface area contributed by atoms with Crippen molar-refractivity contribution >= 4 is 22.4 Å². The third kappa shape index (κ3) is 2.74. The quantitative estimate of drug-likeness (QED) is 0.686. The summed E-state index contributed by atoms with van der Waals surface area (Å²) in [5, 5.41) is 4.21. The van der Waals surface area contributed by atoms with Crippen molar-refractivity contribution in [2.75, 3.05) is 12.3 Å². The molecule has 0 atom stereocenters. The maximum atomic E-state index is 12.2. The van der Waals surface area contributed by atoms with Gasteiger partial charge in [0.1, 0.15) is 0 Å². The molecule has 0 bridgehead atoms. The Balaban J connectivity index is 2.17. The summed E-state index contributed by atoms with van der Waals surface area (Å²) in [4.78, 5) is 31.1. The van der Waals surface area contributed by atoms with Gasteiger partial charge in [-0.25, -0.2) is 4.98 Å². The van der Waals surface area contributed by atoms with E-state index in [0.29, 0.717) is 23.2 Å². The zero-order valence-corrected chi connectivity index (χ0v) is 13.3. The predicted molar refractivity (Wildman–Crippen MR) is 94.8 cm³/mol. The average molecular weight is 322 g/mol. The van der Waals surface area contributed by atoms with Crippen molar-refractivity contribution in [3.63, 3.8) is 0 Å². The molecule has 3 rings (SSSR count). The standard InChI is InChI=1S/C18H18N4O2/c1-2-8-20-18(24)16-15(19)12-6-3-5-11(14(12)10-22-16)13-7-4-9-21-17(13)23/h3-7,9-10H,2,8,19H2,1H3,(H,20,24)(H,21,23). The van der Waals surface area contributed by atoms with Crippen molar-refractivity contribution in [1.29, 1.82) is 0 Å². The first-order valence-corrected chi connectivity index (χ1v) is 7.77. The van der Waals surface area contributed by atoms with Gasteiger partial charge in [0, 0.05) is 35.3 Å². The number of fused-ring (bicyclic) bond motifs is 1. The molecule has 0 aliphatic rings. The molecule has 0 fully saturated rings.